The van der Waals surface area contributed by atoms with Crippen molar-refractivity contribution in [2.75, 3.05) is 11.9 Å². The summed E-state index contributed by atoms with van der Waals surface area (Å²) >= 11 is 3.34. The third-order valence-corrected chi connectivity index (χ3v) is 2.37. The molecule has 0 aliphatic heterocycles. The quantitative estimate of drug-likeness (QED) is 0.641. The molecule has 0 unspecified atom stereocenters. The van der Waals surface area contributed by atoms with Crippen LogP contribution in [0.15, 0.2) is 12.4 Å². The standard InChI is InChI=1S/C9H14BrN3O/c1-13-7-8(6-12-13)9(14)11-5-3-2-4-10/h6-7H,2-5H2,1H3,(H,11,14). The number of halogens is 1. The molecule has 0 radical (unpaired) electrons. The molecule has 5 heteroatoms. The average molecular weight is 260 g/mol. The van der Waals surface area contributed by atoms with Gasteiger partial charge in [0.1, 0.15) is 0 Å². The van der Waals surface area contributed by atoms with Crippen molar-refractivity contribution in [3.8, 4) is 0 Å². The molecule has 1 rings (SSSR count). The van der Waals surface area contributed by atoms with Gasteiger partial charge in [-0.3, -0.25) is 9.48 Å². The number of nitrogens with zero attached hydrogens (tertiary/aromatic N) is 2. The fourth-order valence-electron chi connectivity index (χ4n) is 1.06. The average Bonchev–Trinajstić information content (AvgIpc) is 2.59. The number of carbonyl (C=O) groups excluding carboxylic acids is 1. The SMILES string of the molecule is Cn1cc(C(=O)NCCCCBr)cn1. The normalized spacial score (nSPS) is 10.1. The lowest BCUT2D eigenvalue weighted by molar-refractivity contribution is 0.0953. The second-order valence-corrected chi connectivity index (χ2v) is 3.85. The number of rotatable bonds is 5. The van der Waals surface area contributed by atoms with E-state index in [1.807, 2.05) is 0 Å². The molecule has 4 nitrogen and oxygen atoms in total. The van der Waals surface area contributed by atoms with Crippen LogP contribution in [0.1, 0.15) is 23.2 Å². The van der Waals surface area contributed by atoms with E-state index in [9.17, 15) is 4.79 Å². The number of aryl methyl sites for hydroxylation is 1. The Morgan fingerprint density at radius 3 is 3.00 bits per heavy atom. The van der Waals surface area contributed by atoms with Gasteiger partial charge in [-0.1, -0.05) is 15.9 Å². The molecule has 1 aromatic rings. The van der Waals surface area contributed by atoms with Gasteiger partial charge in [-0.2, -0.15) is 5.10 Å². The molecule has 1 heterocycles. The second-order valence-electron chi connectivity index (χ2n) is 3.05. The van der Waals surface area contributed by atoms with Crippen LogP contribution in [0.4, 0.5) is 0 Å². The zero-order valence-corrected chi connectivity index (χ0v) is 9.75. The van der Waals surface area contributed by atoms with E-state index in [1.165, 1.54) is 0 Å². The molecule has 0 saturated carbocycles. The molecule has 0 bridgehead atoms. The molecule has 0 aromatic carbocycles. The largest absolute Gasteiger partial charge is 0.352 e. The van der Waals surface area contributed by atoms with Crippen LogP contribution in [0.2, 0.25) is 0 Å². The van der Waals surface area contributed by atoms with Crippen molar-refractivity contribution in [2.24, 2.45) is 7.05 Å². The lowest BCUT2D eigenvalue weighted by Gasteiger charge is -2.01. The lowest BCUT2D eigenvalue weighted by Crippen LogP contribution is -2.24. The highest BCUT2D eigenvalue weighted by Gasteiger charge is 2.05. The van der Waals surface area contributed by atoms with Crippen molar-refractivity contribution >= 4 is 21.8 Å². The maximum Gasteiger partial charge on any atom is 0.254 e. The van der Waals surface area contributed by atoms with E-state index in [0.29, 0.717) is 5.56 Å². The zero-order chi connectivity index (χ0) is 10.4. The number of nitrogens with one attached hydrogen (secondary N) is 1. The lowest BCUT2D eigenvalue weighted by atomic mass is 10.3. The van der Waals surface area contributed by atoms with Crippen molar-refractivity contribution in [3.05, 3.63) is 18.0 Å². The molecular weight excluding hydrogens is 246 g/mol. The van der Waals surface area contributed by atoms with Crippen LogP contribution < -0.4 is 5.32 Å². The smallest absolute Gasteiger partial charge is 0.254 e. The summed E-state index contributed by atoms with van der Waals surface area (Å²) in [6, 6.07) is 0. The molecule has 14 heavy (non-hydrogen) atoms. The number of hydrogen-bond donors (Lipinski definition) is 1. The summed E-state index contributed by atoms with van der Waals surface area (Å²) in [5.41, 5.74) is 0.617. The van der Waals surface area contributed by atoms with E-state index >= 15 is 0 Å². The highest BCUT2D eigenvalue weighted by atomic mass is 79.9. The van der Waals surface area contributed by atoms with Crippen LogP contribution in [-0.2, 0) is 7.05 Å². The summed E-state index contributed by atoms with van der Waals surface area (Å²) in [5.74, 6) is -0.0485. The Morgan fingerprint density at radius 1 is 1.64 bits per heavy atom. The Bertz CT molecular complexity index is 298. The Balaban J connectivity index is 2.29. The van der Waals surface area contributed by atoms with E-state index < -0.39 is 0 Å². The molecular formula is C9H14BrN3O. The Hall–Kier alpha value is -0.840. The van der Waals surface area contributed by atoms with Gasteiger partial charge in [0.25, 0.3) is 5.91 Å². The van der Waals surface area contributed by atoms with Gasteiger partial charge in [-0.25, -0.2) is 0 Å². The molecule has 1 amide bonds. The Labute approximate surface area is 91.8 Å². The first kappa shape index (κ1) is 11.2. The summed E-state index contributed by atoms with van der Waals surface area (Å²) in [5, 5.41) is 7.75. The van der Waals surface area contributed by atoms with E-state index in [2.05, 4.69) is 26.3 Å². The first-order valence-electron chi connectivity index (χ1n) is 4.57. The molecule has 0 aliphatic rings. The molecule has 0 fully saturated rings. The van der Waals surface area contributed by atoms with Gasteiger partial charge in [0.15, 0.2) is 0 Å². The third-order valence-electron chi connectivity index (χ3n) is 1.81. The van der Waals surface area contributed by atoms with Crippen LogP contribution in [0.5, 0.6) is 0 Å². The van der Waals surface area contributed by atoms with Crippen molar-refractivity contribution in [1.29, 1.82) is 0 Å². The van der Waals surface area contributed by atoms with Crippen LogP contribution in [0.3, 0.4) is 0 Å². The predicted octanol–water partition coefficient (Wildman–Crippen LogP) is 1.32. The number of aromatic nitrogens is 2. The minimum absolute atomic E-state index is 0.0485. The monoisotopic (exact) mass is 259 g/mol. The molecule has 78 valence electrons. The Kier molecular flexibility index (Phi) is 4.65. The van der Waals surface area contributed by atoms with Gasteiger partial charge >= 0.3 is 0 Å². The molecule has 0 saturated heterocycles. The number of hydrogen-bond acceptors (Lipinski definition) is 2. The summed E-state index contributed by atoms with van der Waals surface area (Å²) in [4.78, 5) is 11.4. The first-order chi connectivity index (χ1) is 6.74. The summed E-state index contributed by atoms with van der Waals surface area (Å²) in [6.45, 7) is 0.722. The number of amides is 1. The van der Waals surface area contributed by atoms with Crippen molar-refractivity contribution in [2.45, 2.75) is 12.8 Å². The second kappa shape index (κ2) is 5.80. The maximum atomic E-state index is 11.4. The van der Waals surface area contributed by atoms with Gasteiger partial charge in [0.2, 0.25) is 0 Å². The highest BCUT2D eigenvalue weighted by molar-refractivity contribution is 9.09. The van der Waals surface area contributed by atoms with Crippen LogP contribution >= 0.6 is 15.9 Å². The third kappa shape index (κ3) is 3.49. The summed E-state index contributed by atoms with van der Waals surface area (Å²) < 4.78 is 1.62. The van der Waals surface area contributed by atoms with Gasteiger partial charge in [0, 0.05) is 25.1 Å². The van der Waals surface area contributed by atoms with E-state index in [1.54, 1.807) is 24.1 Å². The van der Waals surface area contributed by atoms with Crippen LogP contribution in [0, 0.1) is 0 Å². The zero-order valence-electron chi connectivity index (χ0n) is 8.16. The van der Waals surface area contributed by atoms with E-state index in [4.69, 9.17) is 0 Å². The minimum Gasteiger partial charge on any atom is -0.352 e. The minimum atomic E-state index is -0.0485. The summed E-state index contributed by atoms with van der Waals surface area (Å²) in [6.07, 6.45) is 5.35. The fourth-order valence-corrected chi connectivity index (χ4v) is 1.46. The fraction of sp³-hybridized carbons (Fsp3) is 0.556. The van der Waals surface area contributed by atoms with E-state index in [-0.39, 0.29) is 5.91 Å². The Morgan fingerprint density at radius 2 is 2.43 bits per heavy atom. The number of unbranched alkanes of at least 4 members (excludes halogenated alkanes) is 1. The van der Waals surface area contributed by atoms with Gasteiger partial charge in [-0.15, -0.1) is 0 Å². The van der Waals surface area contributed by atoms with Gasteiger partial charge in [-0.05, 0) is 12.8 Å². The maximum absolute atomic E-state index is 11.4. The van der Waals surface area contributed by atoms with Crippen LogP contribution in [-0.4, -0.2) is 27.6 Å². The van der Waals surface area contributed by atoms with Crippen molar-refractivity contribution in [3.63, 3.8) is 0 Å². The van der Waals surface area contributed by atoms with E-state index in [0.717, 1.165) is 24.7 Å². The summed E-state index contributed by atoms with van der Waals surface area (Å²) in [7, 11) is 1.79. The predicted molar refractivity (Wildman–Crippen MR) is 58.6 cm³/mol. The van der Waals surface area contributed by atoms with Crippen molar-refractivity contribution < 1.29 is 4.79 Å². The highest BCUT2D eigenvalue weighted by Crippen LogP contribution is 1.96. The molecule has 0 spiro atoms. The molecule has 1 N–H and O–H groups in total. The van der Waals surface area contributed by atoms with Crippen LogP contribution in [0.25, 0.3) is 0 Å². The molecule has 1 aromatic heterocycles. The number of alkyl halides is 1. The first-order valence-corrected chi connectivity index (χ1v) is 5.69. The molecule has 0 aliphatic carbocycles. The topological polar surface area (TPSA) is 46.9 Å². The number of carbonyl (C=O) groups is 1. The van der Waals surface area contributed by atoms with Crippen molar-refractivity contribution in [1.82, 2.24) is 15.1 Å². The van der Waals surface area contributed by atoms with Gasteiger partial charge in [0.05, 0.1) is 11.8 Å². The van der Waals surface area contributed by atoms with Gasteiger partial charge < -0.3 is 5.32 Å². The molecule has 0 atom stereocenters.